The molecule has 0 saturated carbocycles. The molecule has 1 aliphatic heterocycles. The summed E-state index contributed by atoms with van der Waals surface area (Å²) >= 11 is 0. The second-order valence-electron chi connectivity index (χ2n) is 5.05. The second-order valence-corrected chi connectivity index (χ2v) is 5.05. The average Bonchev–Trinajstić information content (AvgIpc) is 2.86. The molecule has 2 rings (SSSR count). The number of carbonyl (C=O) groups is 1. The molecule has 1 atom stereocenters. The van der Waals surface area contributed by atoms with Crippen molar-refractivity contribution in [3.8, 4) is 0 Å². The summed E-state index contributed by atoms with van der Waals surface area (Å²) in [7, 11) is 0. The molecule has 0 spiro atoms. The summed E-state index contributed by atoms with van der Waals surface area (Å²) in [6, 6.07) is 8.08. The molecule has 0 bridgehead atoms. The van der Waals surface area contributed by atoms with Gasteiger partial charge in [-0.25, -0.2) is 0 Å². The van der Waals surface area contributed by atoms with E-state index in [2.05, 4.69) is 17.1 Å². The minimum Gasteiger partial charge on any atom is -0.395 e. The maximum atomic E-state index is 11.9. The van der Waals surface area contributed by atoms with Gasteiger partial charge in [0.1, 0.15) is 0 Å². The van der Waals surface area contributed by atoms with Gasteiger partial charge in [0.15, 0.2) is 0 Å². The van der Waals surface area contributed by atoms with Gasteiger partial charge in [-0.15, -0.1) is 0 Å². The lowest BCUT2D eigenvalue weighted by Gasteiger charge is -2.21. The van der Waals surface area contributed by atoms with E-state index in [0.717, 1.165) is 31.5 Å². The Bertz CT molecular complexity index is 417. The van der Waals surface area contributed by atoms with Crippen molar-refractivity contribution in [2.45, 2.75) is 32.2 Å². The number of amides is 1. The van der Waals surface area contributed by atoms with E-state index in [0.29, 0.717) is 6.54 Å². The van der Waals surface area contributed by atoms with Gasteiger partial charge in [0.25, 0.3) is 0 Å². The topological polar surface area (TPSA) is 52.6 Å². The van der Waals surface area contributed by atoms with Crippen LogP contribution >= 0.6 is 0 Å². The molecule has 1 aromatic rings. The lowest BCUT2D eigenvalue weighted by molar-refractivity contribution is -0.117. The fourth-order valence-electron chi connectivity index (χ4n) is 2.52. The van der Waals surface area contributed by atoms with Crippen LogP contribution in [0.2, 0.25) is 0 Å². The number of nitrogens with one attached hydrogen (secondary N) is 1. The monoisotopic (exact) mass is 262 g/mol. The van der Waals surface area contributed by atoms with Crippen LogP contribution in [0.1, 0.15) is 25.3 Å². The summed E-state index contributed by atoms with van der Waals surface area (Å²) in [5.41, 5.74) is 2.10. The Morgan fingerprint density at radius 1 is 1.42 bits per heavy atom. The highest BCUT2D eigenvalue weighted by atomic mass is 16.3. The molecule has 19 heavy (non-hydrogen) atoms. The number of anilines is 1. The van der Waals surface area contributed by atoms with Gasteiger partial charge >= 0.3 is 0 Å². The van der Waals surface area contributed by atoms with Crippen molar-refractivity contribution in [1.29, 1.82) is 0 Å². The van der Waals surface area contributed by atoms with Crippen molar-refractivity contribution in [3.63, 3.8) is 0 Å². The van der Waals surface area contributed by atoms with Gasteiger partial charge in [-0.3, -0.25) is 9.69 Å². The third kappa shape index (κ3) is 3.78. The summed E-state index contributed by atoms with van der Waals surface area (Å²) in [6.45, 7) is 3.50. The largest absolute Gasteiger partial charge is 0.395 e. The molecular weight excluding hydrogens is 240 g/mol. The van der Waals surface area contributed by atoms with E-state index in [1.807, 2.05) is 24.3 Å². The summed E-state index contributed by atoms with van der Waals surface area (Å²) in [6.07, 6.45) is 3.04. The fourth-order valence-corrected chi connectivity index (χ4v) is 2.52. The lowest BCUT2D eigenvalue weighted by Crippen LogP contribution is -2.38. The number of aliphatic hydroxyl groups is 1. The first-order chi connectivity index (χ1) is 9.22. The van der Waals surface area contributed by atoms with Gasteiger partial charge in [-0.05, 0) is 43.5 Å². The molecule has 0 unspecified atom stereocenters. The quantitative estimate of drug-likeness (QED) is 0.848. The van der Waals surface area contributed by atoms with E-state index < -0.39 is 0 Å². The van der Waals surface area contributed by atoms with E-state index in [4.69, 9.17) is 0 Å². The Kier molecular flexibility index (Phi) is 4.93. The van der Waals surface area contributed by atoms with Crippen molar-refractivity contribution in [2.75, 3.05) is 25.0 Å². The van der Waals surface area contributed by atoms with E-state index in [1.165, 1.54) is 5.56 Å². The molecule has 1 aromatic carbocycles. The fraction of sp³-hybridized carbons (Fsp3) is 0.533. The highest BCUT2D eigenvalue weighted by Gasteiger charge is 2.25. The predicted octanol–water partition coefficient (Wildman–Crippen LogP) is 1.64. The third-order valence-corrected chi connectivity index (χ3v) is 3.70. The molecule has 1 fully saturated rings. The molecule has 1 aliphatic rings. The van der Waals surface area contributed by atoms with E-state index in [-0.39, 0.29) is 18.6 Å². The van der Waals surface area contributed by atoms with Crippen LogP contribution in [-0.4, -0.2) is 41.7 Å². The Hall–Kier alpha value is -1.39. The van der Waals surface area contributed by atoms with Gasteiger partial charge < -0.3 is 10.4 Å². The Balaban J connectivity index is 1.86. The lowest BCUT2D eigenvalue weighted by atomic mass is 10.1. The summed E-state index contributed by atoms with van der Waals surface area (Å²) in [4.78, 5) is 14.0. The van der Waals surface area contributed by atoms with Crippen molar-refractivity contribution in [2.24, 2.45) is 0 Å². The number of hydrogen-bond acceptors (Lipinski definition) is 3. The minimum atomic E-state index is -0.00963. The smallest absolute Gasteiger partial charge is 0.238 e. The average molecular weight is 262 g/mol. The number of carbonyl (C=O) groups excluding carboxylic acids is 1. The van der Waals surface area contributed by atoms with Gasteiger partial charge in [-0.1, -0.05) is 19.1 Å². The third-order valence-electron chi connectivity index (χ3n) is 3.70. The number of rotatable bonds is 5. The zero-order valence-electron chi connectivity index (χ0n) is 11.4. The maximum Gasteiger partial charge on any atom is 0.238 e. The first-order valence-electron chi connectivity index (χ1n) is 6.96. The van der Waals surface area contributed by atoms with E-state index in [9.17, 15) is 9.90 Å². The summed E-state index contributed by atoms with van der Waals surface area (Å²) in [5, 5.41) is 12.1. The predicted molar refractivity (Wildman–Crippen MR) is 76.1 cm³/mol. The Labute approximate surface area is 114 Å². The number of aryl methyl sites for hydroxylation is 1. The van der Waals surface area contributed by atoms with Crippen LogP contribution in [-0.2, 0) is 11.2 Å². The van der Waals surface area contributed by atoms with Gasteiger partial charge in [-0.2, -0.15) is 0 Å². The number of benzene rings is 1. The van der Waals surface area contributed by atoms with Gasteiger partial charge in [0, 0.05) is 11.7 Å². The summed E-state index contributed by atoms with van der Waals surface area (Å²) in [5.74, 6) is -0.00963. The van der Waals surface area contributed by atoms with Crippen LogP contribution in [0.3, 0.4) is 0 Å². The molecule has 4 heteroatoms. The number of likely N-dealkylation sites (tertiary alicyclic amines) is 1. The molecule has 4 nitrogen and oxygen atoms in total. The van der Waals surface area contributed by atoms with Crippen LogP contribution in [0, 0.1) is 0 Å². The standard InChI is InChI=1S/C15H22N2O2/c1-2-12-5-7-13(8-6-12)16-15(19)10-17-9-3-4-14(17)11-18/h5-8,14,18H,2-4,9-11H2,1H3,(H,16,19)/t14-/m1/s1. The number of aliphatic hydroxyl groups excluding tert-OH is 1. The van der Waals surface area contributed by atoms with Gasteiger partial charge in [0.2, 0.25) is 5.91 Å². The first-order valence-corrected chi connectivity index (χ1v) is 6.96. The molecule has 2 N–H and O–H groups in total. The highest BCUT2D eigenvalue weighted by Crippen LogP contribution is 2.16. The number of nitrogens with zero attached hydrogens (tertiary/aromatic N) is 1. The van der Waals surface area contributed by atoms with Crippen molar-refractivity contribution in [1.82, 2.24) is 4.90 Å². The van der Waals surface area contributed by atoms with Crippen molar-refractivity contribution in [3.05, 3.63) is 29.8 Å². The molecule has 0 radical (unpaired) electrons. The van der Waals surface area contributed by atoms with Crippen LogP contribution in [0.15, 0.2) is 24.3 Å². The molecule has 0 aromatic heterocycles. The van der Waals surface area contributed by atoms with Crippen molar-refractivity contribution >= 4 is 11.6 Å². The van der Waals surface area contributed by atoms with Gasteiger partial charge in [0.05, 0.1) is 13.2 Å². The molecular formula is C15H22N2O2. The zero-order chi connectivity index (χ0) is 13.7. The number of hydrogen-bond donors (Lipinski definition) is 2. The molecule has 104 valence electrons. The highest BCUT2D eigenvalue weighted by molar-refractivity contribution is 5.92. The minimum absolute atomic E-state index is 0.00963. The van der Waals surface area contributed by atoms with E-state index >= 15 is 0 Å². The normalized spacial score (nSPS) is 19.6. The second kappa shape index (κ2) is 6.68. The maximum absolute atomic E-state index is 11.9. The molecule has 1 saturated heterocycles. The zero-order valence-corrected chi connectivity index (χ0v) is 11.4. The van der Waals surface area contributed by atoms with E-state index in [1.54, 1.807) is 0 Å². The molecule has 1 heterocycles. The Morgan fingerprint density at radius 2 is 2.16 bits per heavy atom. The Morgan fingerprint density at radius 3 is 2.79 bits per heavy atom. The van der Waals surface area contributed by atoms with Crippen LogP contribution in [0.25, 0.3) is 0 Å². The molecule has 0 aliphatic carbocycles. The van der Waals surface area contributed by atoms with Crippen LogP contribution in [0.4, 0.5) is 5.69 Å². The summed E-state index contributed by atoms with van der Waals surface area (Å²) < 4.78 is 0. The first kappa shape index (κ1) is 14.0. The van der Waals surface area contributed by atoms with Crippen molar-refractivity contribution < 1.29 is 9.90 Å². The van der Waals surface area contributed by atoms with Crippen LogP contribution < -0.4 is 5.32 Å². The molecule has 1 amide bonds. The van der Waals surface area contributed by atoms with Crippen LogP contribution in [0.5, 0.6) is 0 Å². The SMILES string of the molecule is CCc1ccc(NC(=O)CN2CCC[C@@H]2CO)cc1.